The lowest BCUT2D eigenvalue weighted by Gasteiger charge is -2.47. The lowest BCUT2D eigenvalue weighted by molar-refractivity contribution is -0.0313. The summed E-state index contributed by atoms with van der Waals surface area (Å²) >= 11 is 1.84. The molecule has 0 bridgehead atoms. The average molecular weight is 311 g/mol. The van der Waals surface area contributed by atoms with Crippen molar-refractivity contribution in [3.63, 3.8) is 0 Å². The Morgan fingerprint density at radius 1 is 1.38 bits per heavy atom. The molecule has 1 aromatic rings. The first-order valence-electron chi connectivity index (χ1n) is 7.94. The van der Waals surface area contributed by atoms with Gasteiger partial charge in [-0.2, -0.15) is 0 Å². The zero-order valence-electron chi connectivity index (χ0n) is 14.0. The smallest absolute Gasteiger partial charge is 0.0947 e. The molecule has 0 saturated carbocycles. The molecule has 2 heterocycles. The number of thiazole rings is 1. The largest absolute Gasteiger partial charge is 0.379 e. The van der Waals surface area contributed by atoms with Crippen LogP contribution in [0.5, 0.6) is 0 Å². The first-order chi connectivity index (χ1) is 10.0. The van der Waals surface area contributed by atoms with Gasteiger partial charge >= 0.3 is 0 Å². The second-order valence-corrected chi connectivity index (χ2v) is 7.39. The van der Waals surface area contributed by atoms with Crippen LogP contribution in [0.4, 0.5) is 0 Å². The maximum atomic E-state index is 5.52. The molecule has 0 spiro atoms. The Morgan fingerprint density at radius 2 is 2.05 bits per heavy atom. The SMILES string of the molecule is CCC(C)(C(Cc1nc(C)c(C)s1)NC)N1CCOCC1. The number of ether oxygens (including phenoxy) is 1. The molecule has 0 radical (unpaired) electrons. The molecule has 1 saturated heterocycles. The van der Waals surface area contributed by atoms with Gasteiger partial charge in [0.25, 0.3) is 0 Å². The minimum Gasteiger partial charge on any atom is -0.379 e. The highest BCUT2D eigenvalue weighted by Crippen LogP contribution is 2.28. The van der Waals surface area contributed by atoms with Gasteiger partial charge in [-0.25, -0.2) is 4.98 Å². The maximum Gasteiger partial charge on any atom is 0.0947 e. The third-order valence-corrected chi connectivity index (χ3v) is 6.10. The predicted molar refractivity (Wildman–Crippen MR) is 89.2 cm³/mol. The van der Waals surface area contributed by atoms with Crippen molar-refractivity contribution in [1.29, 1.82) is 0 Å². The van der Waals surface area contributed by atoms with Crippen molar-refractivity contribution in [2.45, 2.75) is 52.1 Å². The Kier molecular flexibility index (Phi) is 5.77. The highest BCUT2D eigenvalue weighted by molar-refractivity contribution is 7.11. The summed E-state index contributed by atoms with van der Waals surface area (Å²) in [5.74, 6) is 0. The van der Waals surface area contributed by atoms with E-state index in [0.29, 0.717) is 6.04 Å². The summed E-state index contributed by atoms with van der Waals surface area (Å²) in [6.45, 7) is 12.7. The van der Waals surface area contributed by atoms with E-state index >= 15 is 0 Å². The molecule has 2 atom stereocenters. The summed E-state index contributed by atoms with van der Waals surface area (Å²) in [6, 6.07) is 0.408. The molecule has 0 amide bonds. The van der Waals surface area contributed by atoms with E-state index in [9.17, 15) is 0 Å². The predicted octanol–water partition coefficient (Wildman–Crippen LogP) is 2.39. The molecule has 2 rings (SSSR count). The first kappa shape index (κ1) is 16.9. The molecular weight excluding hydrogens is 282 g/mol. The molecule has 21 heavy (non-hydrogen) atoms. The fourth-order valence-electron chi connectivity index (χ4n) is 3.20. The summed E-state index contributed by atoms with van der Waals surface area (Å²) in [5.41, 5.74) is 1.32. The zero-order chi connectivity index (χ0) is 15.5. The topological polar surface area (TPSA) is 37.4 Å². The molecule has 5 heteroatoms. The van der Waals surface area contributed by atoms with Gasteiger partial charge in [-0.1, -0.05) is 6.92 Å². The van der Waals surface area contributed by atoms with Crippen LogP contribution in [0.2, 0.25) is 0 Å². The summed E-state index contributed by atoms with van der Waals surface area (Å²) in [7, 11) is 2.08. The van der Waals surface area contributed by atoms with Crippen LogP contribution in [0.1, 0.15) is 35.8 Å². The second kappa shape index (κ2) is 7.18. The van der Waals surface area contributed by atoms with Crippen LogP contribution >= 0.6 is 11.3 Å². The Bertz CT molecular complexity index is 437. The van der Waals surface area contributed by atoms with Crippen molar-refractivity contribution < 1.29 is 4.74 Å². The van der Waals surface area contributed by atoms with Gasteiger partial charge in [-0.15, -0.1) is 11.3 Å². The molecule has 1 fully saturated rings. The van der Waals surface area contributed by atoms with Crippen LogP contribution in [0.3, 0.4) is 0 Å². The highest BCUT2D eigenvalue weighted by Gasteiger charge is 2.38. The van der Waals surface area contributed by atoms with Crippen molar-refractivity contribution in [2.75, 3.05) is 33.4 Å². The van der Waals surface area contributed by atoms with E-state index in [2.05, 4.69) is 45.0 Å². The van der Waals surface area contributed by atoms with Crippen molar-refractivity contribution >= 4 is 11.3 Å². The Hall–Kier alpha value is -0.490. The molecule has 120 valence electrons. The van der Waals surface area contributed by atoms with E-state index in [0.717, 1.165) is 39.1 Å². The van der Waals surface area contributed by atoms with E-state index in [4.69, 9.17) is 9.72 Å². The normalized spacial score (nSPS) is 21.2. The molecule has 1 aliphatic heterocycles. The van der Waals surface area contributed by atoms with Crippen LogP contribution in [0.15, 0.2) is 0 Å². The van der Waals surface area contributed by atoms with Gasteiger partial charge in [0.2, 0.25) is 0 Å². The van der Waals surface area contributed by atoms with E-state index < -0.39 is 0 Å². The first-order valence-corrected chi connectivity index (χ1v) is 8.76. The summed E-state index contributed by atoms with van der Waals surface area (Å²) in [5, 5.41) is 4.80. The summed E-state index contributed by atoms with van der Waals surface area (Å²) in [6.07, 6.45) is 2.12. The lowest BCUT2D eigenvalue weighted by atomic mass is 9.85. The van der Waals surface area contributed by atoms with E-state index in [1.807, 2.05) is 11.3 Å². The summed E-state index contributed by atoms with van der Waals surface area (Å²) in [4.78, 5) is 8.65. The Morgan fingerprint density at radius 3 is 2.52 bits per heavy atom. The zero-order valence-corrected chi connectivity index (χ0v) is 14.8. The van der Waals surface area contributed by atoms with Crippen molar-refractivity contribution in [2.24, 2.45) is 0 Å². The number of morpholine rings is 1. The molecule has 2 unspecified atom stereocenters. The van der Waals surface area contributed by atoms with Gasteiger partial charge in [-0.05, 0) is 34.2 Å². The molecular formula is C16H29N3OS. The standard InChI is InChI=1S/C16H29N3OS/c1-6-16(4,19-7-9-20-10-8-19)14(17-5)11-15-18-12(2)13(3)21-15/h14,17H,6-11H2,1-5H3. The second-order valence-electron chi connectivity index (χ2n) is 6.10. The quantitative estimate of drug-likeness (QED) is 0.875. The Labute approximate surface area is 132 Å². The molecule has 1 aliphatic rings. The highest BCUT2D eigenvalue weighted by atomic mass is 32.1. The number of nitrogens with one attached hydrogen (secondary N) is 1. The van der Waals surface area contributed by atoms with Crippen LogP contribution in [-0.4, -0.2) is 54.8 Å². The van der Waals surface area contributed by atoms with Crippen LogP contribution in [0.25, 0.3) is 0 Å². The van der Waals surface area contributed by atoms with Gasteiger partial charge in [0.15, 0.2) is 0 Å². The van der Waals surface area contributed by atoms with Gasteiger partial charge < -0.3 is 10.1 Å². The van der Waals surface area contributed by atoms with Gasteiger partial charge in [0.1, 0.15) is 0 Å². The maximum absolute atomic E-state index is 5.52. The minimum atomic E-state index is 0.145. The van der Waals surface area contributed by atoms with Gasteiger partial charge in [0, 0.05) is 36.0 Å². The lowest BCUT2D eigenvalue weighted by Crippen LogP contribution is -2.62. The third kappa shape index (κ3) is 3.65. The van der Waals surface area contributed by atoms with Crippen molar-refractivity contribution in [3.05, 3.63) is 15.6 Å². The van der Waals surface area contributed by atoms with Gasteiger partial charge in [0.05, 0.1) is 23.9 Å². The Balaban J connectivity index is 2.15. The fraction of sp³-hybridized carbons (Fsp3) is 0.812. The molecule has 4 nitrogen and oxygen atoms in total. The third-order valence-electron chi connectivity index (χ3n) is 5.00. The van der Waals surface area contributed by atoms with Gasteiger partial charge in [-0.3, -0.25) is 4.90 Å². The number of nitrogens with zero attached hydrogens (tertiary/aromatic N) is 2. The molecule has 1 N–H and O–H groups in total. The van der Waals surface area contributed by atoms with E-state index in [1.54, 1.807) is 0 Å². The molecule has 1 aromatic heterocycles. The van der Waals surface area contributed by atoms with Crippen molar-refractivity contribution in [3.8, 4) is 0 Å². The number of aryl methyl sites for hydroxylation is 2. The van der Waals surface area contributed by atoms with Crippen LogP contribution in [0, 0.1) is 13.8 Å². The average Bonchev–Trinajstić information content (AvgIpc) is 2.83. The van der Waals surface area contributed by atoms with Crippen LogP contribution < -0.4 is 5.32 Å². The van der Waals surface area contributed by atoms with E-state index in [-0.39, 0.29) is 5.54 Å². The molecule has 0 aromatic carbocycles. The fourth-order valence-corrected chi connectivity index (χ4v) is 4.18. The van der Waals surface area contributed by atoms with E-state index in [1.165, 1.54) is 15.6 Å². The monoisotopic (exact) mass is 311 g/mol. The number of aromatic nitrogens is 1. The molecule has 0 aliphatic carbocycles. The minimum absolute atomic E-state index is 0.145. The number of likely N-dealkylation sites (N-methyl/N-ethyl adjacent to an activating group) is 1. The number of hydrogen-bond acceptors (Lipinski definition) is 5. The van der Waals surface area contributed by atoms with Crippen LogP contribution in [-0.2, 0) is 11.2 Å². The summed E-state index contributed by atoms with van der Waals surface area (Å²) < 4.78 is 5.52. The van der Waals surface area contributed by atoms with Crippen molar-refractivity contribution in [1.82, 2.24) is 15.2 Å². The number of hydrogen-bond donors (Lipinski definition) is 1. The number of rotatable bonds is 6.